The fraction of sp³-hybridized carbons (Fsp3) is 0.176. The van der Waals surface area contributed by atoms with E-state index in [1.807, 2.05) is 18.2 Å². The van der Waals surface area contributed by atoms with Gasteiger partial charge in [-0.15, -0.1) is 0 Å². The quantitative estimate of drug-likeness (QED) is 0.845. The monoisotopic (exact) mass is 238 g/mol. The Morgan fingerprint density at radius 2 is 1.50 bits per heavy atom. The molecule has 2 aromatic rings. The van der Waals surface area contributed by atoms with E-state index in [0.29, 0.717) is 0 Å². The molecular formula is C17H18O. The van der Waals surface area contributed by atoms with Crippen LogP contribution in [-0.4, -0.2) is 11.7 Å². The van der Waals surface area contributed by atoms with Crippen LogP contribution in [0.15, 0.2) is 60.7 Å². The van der Waals surface area contributed by atoms with E-state index >= 15 is 0 Å². The predicted octanol–water partition coefficient (Wildman–Crippen LogP) is 3.48. The van der Waals surface area contributed by atoms with E-state index in [1.165, 1.54) is 16.7 Å². The van der Waals surface area contributed by atoms with Crippen molar-refractivity contribution in [2.75, 3.05) is 6.61 Å². The SMILES string of the molecule is OCCc1ccc(C/C=C/c2ccccc2)cc1. The lowest BCUT2D eigenvalue weighted by molar-refractivity contribution is 0.299. The summed E-state index contributed by atoms with van der Waals surface area (Å²) < 4.78 is 0. The average Bonchev–Trinajstić information content (AvgIpc) is 2.42. The third-order valence-corrected chi connectivity index (χ3v) is 2.89. The zero-order valence-corrected chi connectivity index (χ0v) is 10.4. The second-order valence-electron chi connectivity index (χ2n) is 4.31. The fourth-order valence-corrected chi connectivity index (χ4v) is 1.87. The van der Waals surface area contributed by atoms with Crippen LogP contribution < -0.4 is 0 Å². The van der Waals surface area contributed by atoms with Gasteiger partial charge in [0.1, 0.15) is 0 Å². The maximum absolute atomic E-state index is 8.85. The summed E-state index contributed by atoms with van der Waals surface area (Å²) in [5, 5.41) is 8.85. The third-order valence-electron chi connectivity index (χ3n) is 2.89. The van der Waals surface area contributed by atoms with Crippen molar-refractivity contribution >= 4 is 6.08 Å². The van der Waals surface area contributed by atoms with Gasteiger partial charge in [-0.25, -0.2) is 0 Å². The summed E-state index contributed by atoms with van der Waals surface area (Å²) in [5.74, 6) is 0. The zero-order valence-electron chi connectivity index (χ0n) is 10.4. The van der Waals surface area contributed by atoms with E-state index in [4.69, 9.17) is 5.11 Å². The standard InChI is InChI=1S/C17H18O/c18-14-13-17-11-9-16(10-12-17)8-4-7-15-5-2-1-3-6-15/h1-7,9-12,18H,8,13-14H2/b7-4+. The number of aliphatic hydroxyl groups excluding tert-OH is 1. The highest BCUT2D eigenvalue weighted by molar-refractivity contribution is 5.49. The Hall–Kier alpha value is -1.86. The van der Waals surface area contributed by atoms with Crippen molar-refractivity contribution in [2.24, 2.45) is 0 Å². The molecule has 0 amide bonds. The summed E-state index contributed by atoms with van der Waals surface area (Å²) in [6, 6.07) is 18.7. The molecule has 92 valence electrons. The van der Waals surface area contributed by atoms with Crippen LogP contribution in [0.2, 0.25) is 0 Å². The Kier molecular flexibility index (Phi) is 4.74. The lowest BCUT2D eigenvalue weighted by Gasteiger charge is -2.00. The van der Waals surface area contributed by atoms with Gasteiger partial charge >= 0.3 is 0 Å². The lowest BCUT2D eigenvalue weighted by Crippen LogP contribution is -1.90. The summed E-state index contributed by atoms with van der Waals surface area (Å²) in [7, 11) is 0. The molecule has 0 saturated heterocycles. The van der Waals surface area contributed by atoms with Gasteiger partial charge in [0.05, 0.1) is 0 Å². The molecule has 18 heavy (non-hydrogen) atoms. The van der Waals surface area contributed by atoms with Gasteiger partial charge in [0, 0.05) is 6.61 Å². The van der Waals surface area contributed by atoms with E-state index in [-0.39, 0.29) is 6.61 Å². The highest BCUT2D eigenvalue weighted by atomic mass is 16.2. The topological polar surface area (TPSA) is 20.2 Å². The molecule has 0 aromatic heterocycles. The van der Waals surface area contributed by atoms with E-state index in [0.717, 1.165) is 12.8 Å². The minimum absolute atomic E-state index is 0.216. The predicted molar refractivity (Wildman–Crippen MR) is 76.4 cm³/mol. The Bertz CT molecular complexity index is 483. The highest BCUT2D eigenvalue weighted by Gasteiger charge is 1.93. The number of benzene rings is 2. The molecule has 0 bridgehead atoms. The Balaban J connectivity index is 1.92. The Labute approximate surface area is 108 Å². The van der Waals surface area contributed by atoms with Crippen LogP contribution in [-0.2, 0) is 12.8 Å². The molecule has 0 atom stereocenters. The normalized spacial score (nSPS) is 10.9. The van der Waals surface area contributed by atoms with Crippen molar-refractivity contribution in [1.29, 1.82) is 0 Å². The molecular weight excluding hydrogens is 220 g/mol. The summed E-state index contributed by atoms with van der Waals surface area (Å²) in [6.07, 6.45) is 5.99. The summed E-state index contributed by atoms with van der Waals surface area (Å²) >= 11 is 0. The van der Waals surface area contributed by atoms with Gasteiger partial charge in [-0.3, -0.25) is 0 Å². The van der Waals surface area contributed by atoms with Gasteiger partial charge in [0.2, 0.25) is 0 Å². The van der Waals surface area contributed by atoms with Crippen LogP contribution in [0.4, 0.5) is 0 Å². The summed E-state index contributed by atoms with van der Waals surface area (Å²) in [4.78, 5) is 0. The molecule has 1 N–H and O–H groups in total. The first-order valence-electron chi connectivity index (χ1n) is 6.29. The van der Waals surface area contributed by atoms with Gasteiger partial charge < -0.3 is 5.11 Å². The zero-order chi connectivity index (χ0) is 12.6. The van der Waals surface area contributed by atoms with Crippen molar-refractivity contribution in [3.8, 4) is 0 Å². The maximum Gasteiger partial charge on any atom is 0.0471 e. The number of rotatable bonds is 5. The molecule has 2 rings (SSSR count). The molecule has 1 nitrogen and oxygen atoms in total. The smallest absolute Gasteiger partial charge is 0.0471 e. The van der Waals surface area contributed by atoms with Crippen LogP contribution in [0.3, 0.4) is 0 Å². The fourth-order valence-electron chi connectivity index (χ4n) is 1.87. The average molecular weight is 238 g/mol. The second-order valence-corrected chi connectivity index (χ2v) is 4.31. The van der Waals surface area contributed by atoms with Crippen molar-refractivity contribution in [3.05, 3.63) is 77.4 Å². The molecule has 2 aromatic carbocycles. The number of allylic oxidation sites excluding steroid dienone is 1. The van der Waals surface area contributed by atoms with Gasteiger partial charge in [-0.05, 0) is 29.5 Å². The molecule has 0 aliphatic rings. The van der Waals surface area contributed by atoms with Crippen LogP contribution in [0.1, 0.15) is 16.7 Å². The molecule has 0 unspecified atom stereocenters. The van der Waals surface area contributed by atoms with E-state index in [2.05, 4.69) is 48.6 Å². The Morgan fingerprint density at radius 1 is 0.833 bits per heavy atom. The van der Waals surface area contributed by atoms with Gasteiger partial charge in [0.25, 0.3) is 0 Å². The highest BCUT2D eigenvalue weighted by Crippen LogP contribution is 2.08. The molecule has 1 heteroatoms. The third kappa shape index (κ3) is 3.86. The molecule has 0 spiro atoms. The lowest BCUT2D eigenvalue weighted by atomic mass is 10.1. The summed E-state index contributed by atoms with van der Waals surface area (Å²) in [5.41, 5.74) is 3.71. The first-order valence-corrected chi connectivity index (χ1v) is 6.29. The molecule has 0 radical (unpaired) electrons. The number of hydrogen-bond donors (Lipinski definition) is 1. The van der Waals surface area contributed by atoms with Crippen LogP contribution in [0.5, 0.6) is 0 Å². The van der Waals surface area contributed by atoms with Crippen molar-refractivity contribution in [3.63, 3.8) is 0 Å². The minimum Gasteiger partial charge on any atom is -0.396 e. The first kappa shape index (κ1) is 12.6. The number of aliphatic hydroxyl groups is 1. The maximum atomic E-state index is 8.85. The molecule has 0 heterocycles. The van der Waals surface area contributed by atoms with Gasteiger partial charge in [-0.2, -0.15) is 0 Å². The summed E-state index contributed by atoms with van der Waals surface area (Å²) in [6.45, 7) is 0.216. The van der Waals surface area contributed by atoms with Gasteiger partial charge in [0.15, 0.2) is 0 Å². The molecule has 0 fully saturated rings. The van der Waals surface area contributed by atoms with Crippen LogP contribution in [0, 0.1) is 0 Å². The van der Waals surface area contributed by atoms with Crippen LogP contribution in [0.25, 0.3) is 6.08 Å². The van der Waals surface area contributed by atoms with Crippen molar-refractivity contribution in [1.82, 2.24) is 0 Å². The molecule has 0 aliphatic heterocycles. The van der Waals surface area contributed by atoms with Crippen molar-refractivity contribution < 1.29 is 5.11 Å². The second kappa shape index (κ2) is 6.77. The minimum atomic E-state index is 0.216. The van der Waals surface area contributed by atoms with E-state index in [9.17, 15) is 0 Å². The van der Waals surface area contributed by atoms with E-state index in [1.54, 1.807) is 0 Å². The molecule has 0 aliphatic carbocycles. The Morgan fingerprint density at radius 3 is 2.17 bits per heavy atom. The van der Waals surface area contributed by atoms with Crippen LogP contribution >= 0.6 is 0 Å². The number of hydrogen-bond acceptors (Lipinski definition) is 1. The molecule has 0 saturated carbocycles. The van der Waals surface area contributed by atoms with Gasteiger partial charge in [-0.1, -0.05) is 66.7 Å². The first-order chi connectivity index (χ1) is 8.88. The largest absolute Gasteiger partial charge is 0.396 e. The van der Waals surface area contributed by atoms with Crippen molar-refractivity contribution in [2.45, 2.75) is 12.8 Å². The van der Waals surface area contributed by atoms with E-state index < -0.39 is 0 Å².